The normalized spacial score (nSPS) is 12.6. The summed E-state index contributed by atoms with van der Waals surface area (Å²) < 4.78 is 13.9. The second kappa shape index (κ2) is 5.58. The Balaban J connectivity index is 2.25. The molecule has 2 aromatic rings. The molecule has 1 aromatic carbocycles. The van der Waals surface area contributed by atoms with E-state index < -0.39 is 17.9 Å². The first-order valence-corrected chi connectivity index (χ1v) is 6.93. The SMILES string of the molecule is CC(C)C(NC(=O)c1cc2cc(F)ccc2s1)C(=O)O. The van der Waals surface area contributed by atoms with Gasteiger partial charge in [0.2, 0.25) is 0 Å². The highest BCUT2D eigenvalue weighted by molar-refractivity contribution is 7.20. The third-order valence-corrected chi connectivity index (χ3v) is 4.04. The fourth-order valence-corrected chi connectivity index (χ4v) is 2.80. The van der Waals surface area contributed by atoms with Gasteiger partial charge in [-0.25, -0.2) is 9.18 Å². The molecule has 4 nitrogen and oxygen atoms in total. The summed E-state index contributed by atoms with van der Waals surface area (Å²) in [5, 5.41) is 12.2. The first-order chi connectivity index (χ1) is 9.38. The number of hydrogen-bond acceptors (Lipinski definition) is 3. The molecule has 6 heteroatoms. The van der Waals surface area contributed by atoms with E-state index in [4.69, 9.17) is 5.11 Å². The molecule has 0 radical (unpaired) electrons. The lowest BCUT2D eigenvalue weighted by atomic mass is 10.0. The number of hydrogen-bond donors (Lipinski definition) is 2. The van der Waals surface area contributed by atoms with E-state index >= 15 is 0 Å². The summed E-state index contributed by atoms with van der Waals surface area (Å²) in [6.45, 7) is 3.44. The third-order valence-electron chi connectivity index (χ3n) is 2.92. The molecule has 0 spiro atoms. The third kappa shape index (κ3) is 2.96. The molecule has 1 amide bonds. The van der Waals surface area contributed by atoms with Gasteiger partial charge >= 0.3 is 5.97 Å². The van der Waals surface area contributed by atoms with Crippen molar-refractivity contribution in [2.45, 2.75) is 19.9 Å². The summed E-state index contributed by atoms with van der Waals surface area (Å²) in [5.41, 5.74) is 0. The molecule has 1 heterocycles. The van der Waals surface area contributed by atoms with Gasteiger partial charge in [0, 0.05) is 4.70 Å². The van der Waals surface area contributed by atoms with Gasteiger partial charge in [-0.05, 0) is 35.6 Å². The van der Waals surface area contributed by atoms with E-state index in [1.807, 2.05) is 0 Å². The average molecular weight is 295 g/mol. The lowest BCUT2D eigenvalue weighted by molar-refractivity contribution is -0.140. The van der Waals surface area contributed by atoms with Crippen molar-refractivity contribution in [3.63, 3.8) is 0 Å². The average Bonchev–Trinajstić information content (AvgIpc) is 2.77. The minimum Gasteiger partial charge on any atom is -0.480 e. The van der Waals surface area contributed by atoms with E-state index in [1.165, 1.54) is 23.5 Å². The molecule has 0 saturated carbocycles. The van der Waals surface area contributed by atoms with E-state index in [0.717, 1.165) is 4.70 Å². The number of carbonyl (C=O) groups excluding carboxylic acids is 1. The molecule has 2 N–H and O–H groups in total. The summed E-state index contributed by atoms with van der Waals surface area (Å²) in [6.07, 6.45) is 0. The second-order valence-corrected chi connectivity index (χ2v) is 5.91. The number of carbonyl (C=O) groups is 2. The quantitative estimate of drug-likeness (QED) is 0.911. The molecular weight excluding hydrogens is 281 g/mol. The van der Waals surface area contributed by atoms with E-state index in [9.17, 15) is 14.0 Å². The predicted octanol–water partition coefficient (Wildman–Crippen LogP) is 2.88. The van der Waals surface area contributed by atoms with Crippen LogP contribution in [0.4, 0.5) is 4.39 Å². The van der Waals surface area contributed by atoms with Gasteiger partial charge < -0.3 is 10.4 Å². The van der Waals surface area contributed by atoms with Crippen molar-refractivity contribution >= 4 is 33.3 Å². The number of halogens is 1. The molecule has 106 valence electrons. The van der Waals surface area contributed by atoms with E-state index in [2.05, 4.69) is 5.32 Å². The lowest BCUT2D eigenvalue weighted by Crippen LogP contribution is -2.44. The summed E-state index contributed by atoms with van der Waals surface area (Å²) in [5.74, 6) is -2.11. The van der Waals surface area contributed by atoms with E-state index in [-0.39, 0.29) is 11.7 Å². The van der Waals surface area contributed by atoms with Crippen molar-refractivity contribution in [2.24, 2.45) is 5.92 Å². The maximum atomic E-state index is 13.1. The van der Waals surface area contributed by atoms with Crippen LogP contribution in [0.15, 0.2) is 24.3 Å². The zero-order valence-electron chi connectivity index (χ0n) is 11.0. The Morgan fingerprint density at radius 3 is 2.60 bits per heavy atom. The van der Waals surface area contributed by atoms with Crippen LogP contribution in [0.2, 0.25) is 0 Å². The molecule has 0 bridgehead atoms. The number of thiophene rings is 1. The summed E-state index contributed by atoms with van der Waals surface area (Å²) in [4.78, 5) is 23.5. The van der Waals surface area contributed by atoms with E-state index in [0.29, 0.717) is 10.3 Å². The molecule has 0 saturated heterocycles. The zero-order chi connectivity index (χ0) is 14.9. The number of carboxylic acids is 1. The van der Waals surface area contributed by atoms with Crippen LogP contribution in [-0.2, 0) is 4.79 Å². The second-order valence-electron chi connectivity index (χ2n) is 4.83. The predicted molar refractivity (Wildman–Crippen MR) is 75.5 cm³/mol. The van der Waals surface area contributed by atoms with Gasteiger partial charge in [-0.2, -0.15) is 0 Å². The topological polar surface area (TPSA) is 66.4 Å². The van der Waals surface area contributed by atoms with E-state index in [1.54, 1.807) is 26.0 Å². The molecule has 0 aliphatic rings. The molecule has 0 aliphatic heterocycles. The Kier molecular flexibility index (Phi) is 4.04. The monoisotopic (exact) mass is 295 g/mol. The van der Waals surface area contributed by atoms with Crippen molar-refractivity contribution in [2.75, 3.05) is 0 Å². The maximum absolute atomic E-state index is 13.1. The van der Waals surface area contributed by atoms with Gasteiger partial charge in [-0.15, -0.1) is 11.3 Å². The van der Waals surface area contributed by atoms with Crippen LogP contribution in [0.1, 0.15) is 23.5 Å². The Hall–Kier alpha value is -1.95. The summed E-state index contributed by atoms with van der Waals surface area (Å²) in [7, 11) is 0. The van der Waals surface area contributed by atoms with Crippen LogP contribution in [0.25, 0.3) is 10.1 Å². The fraction of sp³-hybridized carbons (Fsp3) is 0.286. The van der Waals surface area contributed by atoms with Gasteiger partial charge in [0.25, 0.3) is 5.91 Å². The number of carboxylic acid groups (broad SMARTS) is 1. The van der Waals surface area contributed by atoms with Crippen molar-refractivity contribution in [3.8, 4) is 0 Å². The number of benzene rings is 1. The van der Waals surface area contributed by atoms with Gasteiger partial charge in [0.05, 0.1) is 4.88 Å². The number of aliphatic carboxylic acids is 1. The number of rotatable bonds is 4. The fourth-order valence-electron chi connectivity index (χ4n) is 1.85. The lowest BCUT2D eigenvalue weighted by Gasteiger charge is -2.17. The summed E-state index contributed by atoms with van der Waals surface area (Å²) in [6, 6.07) is 4.90. The molecule has 0 fully saturated rings. The van der Waals surface area contributed by atoms with Crippen molar-refractivity contribution in [3.05, 3.63) is 35.0 Å². The maximum Gasteiger partial charge on any atom is 0.326 e. The van der Waals surface area contributed by atoms with Crippen LogP contribution >= 0.6 is 11.3 Å². The minimum absolute atomic E-state index is 0.219. The largest absolute Gasteiger partial charge is 0.480 e. The molecule has 1 atom stereocenters. The highest BCUT2D eigenvalue weighted by atomic mass is 32.1. The molecule has 20 heavy (non-hydrogen) atoms. The highest BCUT2D eigenvalue weighted by Gasteiger charge is 2.24. The molecule has 1 aromatic heterocycles. The zero-order valence-corrected chi connectivity index (χ0v) is 11.8. The van der Waals surface area contributed by atoms with Gasteiger partial charge in [-0.3, -0.25) is 4.79 Å². The van der Waals surface area contributed by atoms with Crippen LogP contribution in [0.3, 0.4) is 0 Å². The Labute approximate surface area is 119 Å². The number of nitrogens with one attached hydrogen (secondary N) is 1. The Bertz CT molecular complexity index is 665. The Morgan fingerprint density at radius 1 is 1.30 bits per heavy atom. The van der Waals surface area contributed by atoms with Gasteiger partial charge in [0.15, 0.2) is 0 Å². The van der Waals surface area contributed by atoms with Crippen molar-refractivity contribution in [1.82, 2.24) is 5.32 Å². The van der Waals surface area contributed by atoms with Crippen molar-refractivity contribution < 1.29 is 19.1 Å². The first kappa shape index (κ1) is 14.5. The minimum atomic E-state index is -1.07. The van der Waals surface area contributed by atoms with Crippen LogP contribution in [-0.4, -0.2) is 23.0 Å². The first-order valence-electron chi connectivity index (χ1n) is 6.11. The highest BCUT2D eigenvalue weighted by Crippen LogP contribution is 2.26. The number of fused-ring (bicyclic) bond motifs is 1. The molecular formula is C14H14FNO3S. The smallest absolute Gasteiger partial charge is 0.326 e. The van der Waals surface area contributed by atoms with Crippen molar-refractivity contribution in [1.29, 1.82) is 0 Å². The summed E-state index contributed by atoms with van der Waals surface area (Å²) >= 11 is 1.21. The van der Waals surface area contributed by atoms with Crippen LogP contribution < -0.4 is 5.32 Å². The van der Waals surface area contributed by atoms with Gasteiger partial charge in [0.1, 0.15) is 11.9 Å². The Morgan fingerprint density at radius 2 is 2.00 bits per heavy atom. The van der Waals surface area contributed by atoms with Crippen LogP contribution in [0.5, 0.6) is 0 Å². The van der Waals surface area contributed by atoms with Crippen LogP contribution in [0, 0.1) is 11.7 Å². The molecule has 1 unspecified atom stereocenters. The molecule has 0 aliphatic carbocycles. The van der Waals surface area contributed by atoms with Gasteiger partial charge in [-0.1, -0.05) is 13.8 Å². The number of amides is 1. The standard InChI is InChI=1S/C14H14FNO3S/c1-7(2)12(14(18)19)16-13(17)11-6-8-5-9(15)3-4-10(8)20-11/h3-7,12H,1-2H3,(H,16,17)(H,18,19). The molecule has 2 rings (SSSR count).